The molecule has 0 N–H and O–H groups in total. The van der Waals surface area contributed by atoms with Crippen LogP contribution in [0.4, 0.5) is 5.69 Å². The molecule has 2 rings (SSSR count). The predicted octanol–water partition coefficient (Wildman–Crippen LogP) is 2.81. The van der Waals surface area contributed by atoms with E-state index in [-0.39, 0.29) is 21.6 Å². The van der Waals surface area contributed by atoms with Crippen molar-refractivity contribution < 1.29 is 9.72 Å². The van der Waals surface area contributed by atoms with Crippen LogP contribution in [0.1, 0.15) is 19.3 Å². The van der Waals surface area contributed by atoms with E-state index in [1.54, 1.807) is 18.2 Å². The Labute approximate surface area is 97.2 Å². The van der Waals surface area contributed by atoms with Crippen molar-refractivity contribution in [2.24, 2.45) is 0 Å². The molecule has 5 heteroatoms. The van der Waals surface area contributed by atoms with Crippen molar-refractivity contribution in [2.45, 2.75) is 29.4 Å². The van der Waals surface area contributed by atoms with Crippen molar-refractivity contribution in [1.29, 1.82) is 0 Å². The number of nitro groups is 1. The number of Topliss-reactive ketones (excluding diaryl/α,β-unsaturated/α-hetero) is 1. The van der Waals surface area contributed by atoms with Gasteiger partial charge >= 0.3 is 0 Å². The minimum Gasteiger partial charge on any atom is -0.300 e. The molecule has 1 fully saturated rings. The Balaban J connectivity index is 2.14. The Hall–Kier alpha value is -1.36. The maximum atomic E-state index is 11.1. The van der Waals surface area contributed by atoms with Crippen molar-refractivity contribution in [3.8, 4) is 0 Å². The molecule has 0 aliphatic heterocycles. The topological polar surface area (TPSA) is 60.2 Å². The van der Waals surface area contributed by atoms with E-state index in [0.29, 0.717) is 17.7 Å². The van der Waals surface area contributed by atoms with Gasteiger partial charge in [-0.2, -0.15) is 0 Å². The van der Waals surface area contributed by atoms with E-state index in [1.807, 2.05) is 0 Å². The first kappa shape index (κ1) is 11.1. The number of rotatable bonds is 3. The molecule has 1 atom stereocenters. The first-order valence-corrected chi connectivity index (χ1v) is 5.96. The lowest BCUT2D eigenvalue weighted by molar-refractivity contribution is -0.387. The van der Waals surface area contributed by atoms with Crippen LogP contribution in [0.25, 0.3) is 0 Å². The van der Waals surface area contributed by atoms with Crippen LogP contribution in [0.15, 0.2) is 29.2 Å². The molecule has 0 saturated heterocycles. The summed E-state index contributed by atoms with van der Waals surface area (Å²) in [5.41, 5.74) is 0.131. The van der Waals surface area contributed by atoms with Gasteiger partial charge in [0.1, 0.15) is 5.78 Å². The van der Waals surface area contributed by atoms with Gasteiger partial charge in [-0.1, -0.05) is 12.1 Å². The van der Waals surface area contributed by atoms with Gasteiger partial charge in [0.25, 0.3) is 5.69 Å². The van der Waals surface area contributed by atoms with Crippen molar-refractivity contribution in [2.75, 3.05) is 0 Å². The Morgan fingerprint density at radius 2 is 2.12 bits per heavy atom. The maximum absolute atomic E-state index is 11.1. The zero-order chi connectivity index (χ0) is 11.5. The monoisotopic (exact) mass is 237 g/mol. The van der Waals surface area contributed by atoms with Gasteiger partial charge in [-0.25, -0.2) is 0 Å². The SMILES string of the molecule is O=C1CCC(Sc2ccccc2[N+](=O)[O-])C1. The van der Waals surface area contributed by atoms with E-state index in [2.05, 4.69) is 0 Å². The van der Waals surface area contributed by atoms with Gasteiger partial charge in [0.15, 0.2) is 0 Å². The van der Waals surface area contributed by atoms with Crippen molar-refractivity contribution in [3.63, 3.8) is 0 Å². The van der Waals surface area contributed by atoms with Crippen LogP contribution < -0.4 is 0 Å². The molecule has 0 spiro atoms. The van der Waals surface area contributed by atoms with Crippen LogP contribution in [-0.2, 0) is 4.79 Å². The third kappa shape index (κ3) is 2.41. The number of ketones is 1. The molecule has 1 aromatic rings. The molecule has 16 heavy (non-hydrogen) atoms. The number of carbonyl (C=O) groups is 1. The average molecular weight is 237 g/mol. The lowest BCUT2D eigenvalue weighted by Gasteiger charge is -2.07. The van der Waals surface area contributed by atoms with Gasteiger partial charge in [-0.3, -0.25) is 14.9 Å². The molecular weight excluding hydrogens is 226 g/mol. The minimum absolute atomic E-state index is 0.131. The van der Waals surface area contributed by atoms with Crippen LogP contribution in [-0.4, -0.2) is 16.0 Å². The van der Waals surface area contributed by atoms with Crippen LogP contribution in [0.3, 0.4) is 0 Å². The second kappa shape index (κ2) is 4.65. The number of para-hydroxylation sites is 1. The van der Waals surface area contributed by atoms with E-state index in [4.69, 9.17) is 0 Å². The third-order valence-corrected chi connectivity index (χ3v) is 3.89. The van der Waals surface area contributed by atoms with Crippen molar-refractivity contribution >= 4 is 23.2 Å². The summed E-state index contributed by atoms with van der Waals surface area (Å²) < 4.78 is 0. The summed E-state index contributed by atoms with van der Waals surface area (Å²) in [5, 5.41) is 11.0. The molecule has 1 aromatic carbocycles. The van der Waals surface area contributed by atoms with E-state index in [1.165, 1.54) is 17.8 Å². The highest BCUT2D eigenvalue weighted by Gasteiger charge is 2.25. The molecule has 1 aliphatic carbocycles. The van der Waals surface area contributed by atoms with E-state index in [9.17, 15) is 14.9 Å². The Kier molecular flexibility index (Phi) is 3.24. The van der Waals surface area contributed by atoms with Crippen molar-refractivity contribution in [3.05, 3.63) is 34.4 Å². The number of benzene rings is 1. The smallest absolute Gasteiger partial charge is 0.282 e. The summed E-state index contributed by atoms with van der Waals surface area (Å²) in [7, 11) is 0. The Bertz CT molecular complexity index is 433. The van der Waals surface area contributed by atoms with Crippen LogP contribution >= 0.6 is 11.8 Å². The highest BCUT2D eigenvalue weighted by molar-refractivity contribution is 8.00. The molecule has 1 aliphatic rings. The van der Waals surface area contributed by atoms with Gasteiger partial charge < -0.3 is 0 Å². The van der Waals surface area contributed by atoms with Gasteiger partial charge in [-0.05, 0) is 12.5 Å². The summed E-state index contributed by atoms with van der Waals surface area (Å²) in [4.78, 5) is 22.2. The molecule has 84 valence electrons. The molecular formula is C11H11NO3S. The van der Waals surface area contributed by atoms with Gasteiger partial charge in [0.05, 0.1) is 9.82 Å². The van der Waals surface area contributed by atoms with Crippen molar-refractivity contribution in [1.82, 2.24) is 0 Å². The Morgan fingerprint density at radius 1 is 1.38 bits per heavy atom. The summed E-state index contributed by atoms with van der Waals surface area (Å²) in [6, 6.07) is 6.68. The number of hydrogen-bond donors (Lipinski definition) is 0. The summed E-state index contributed by atoms with van der Waals surface area (Å²) in [6.07, 6.45) is 1.98. The molecule has 4 nitrogen and oxygen atoms in total. The number of nitrogens with zero attached hydrogens (tertiary/aromatic N) is 1. The quantitative estimate of drug-likeness (QED) is 0.599. The van der Waals surface area contributed by atoms with E-state index >= 15 is 0 Å². The first-order chi connectivity index (χ1) is 7.66. The molecule has 1 saturated carbocycles. The van der Waals surface area contributed by atoms with E-state index in [0.717, 1.165) is 6.42 Å². The Morgan fingerprint density at radius 3 is 2.75 bits per heavy atom. The number of thioether (sulfide) groups is 1. The fourth-order valence-corrected chi connectivity index (χ4v) is 3.05. The fraction of sp³-hybridized carbons (Fsp3) is 0.364. The molecule has 0 bridgehead atoms. The highest BCUT2D eigenvalue weighted by Crippen LogP contribution is 2.37. The number of hydrogen-bond acceptors (Lipinski definition) is 4. The molecule has 0 radical (unpaired) electrons. The zero-order valence-electron chi connectivity index (χ0n) is 8.59. The predicted molar refractivity (Wildman–Crippen MR) is 61.6 cm³/mol. The van der Waals surface area contributed by atoms with Crippen LogP contribution in [0, 0.1) is 10.1 Å². The van der Waals surface area contributed by atoms with Gasteiger partial charge in [0, 0.05) is 24.2 Å². The van der Waals surface area contributed by atoms with E-state index < -0.39 is 0 Å². The second-order valence-electron chi connectivity index (χ2n) is 3.75. The summed E-state index contributed by atoms with van der Waals surface area (Å²) in [6.45, 7) is 0. The molecule has 0 heterocycles. The van der Waals surface area contributed by atoms with Crippen LogP contribution in [0.5, 0.6) is 0 Å². The zero-order valence-corrected chi connectivity index (χ0v) is 9.40. The first-order valence-electron chi connectivity index (χ1n) is 5.08. The summed E-state index contributed by atoms with van der Waals surface area (Å²) >= 11 is 1.45. The average Bonchev–Trinajstić information content (AvgIpc) is 2.64. The number of carbonyl (C=O) groups excluding carboxylic acids is 1. The molecule has 1 unspecified atom stereocenters. The molecule has 0 amide bonds. The molecule has 0 aromatic heterocycles. The fourth-order valence-electron chi connectivity index (χ4n) is 1.77. The van der Waals surface area contributed by atoms with Gasteiger partial charge in [-0.15, -0.1) is 11.8 Å². The minimum atomic E-state index is -0.376. The third-order valence-electron chi connectivity index (χ3n) is 2.56. The summed E-state index contributed by atoms with van der Waals surface area (Å²) in [5.74, 6) is 0.260. The lowest BCUT2D eigenvalue weighted by atomic mass is 10.3. The maximum Gasteiger partial charge on any atom is 0.282 e. The normalized spacial score (nSPS) is 20.0. The number of nitro benzene ring substituents is 1. The second-order valence-corrected chi connectivity index (χ2v) is 5.09. The largest absolute Gasteiger partial charge is 0.300 e. The standard InChI is InChI=1S/C11H11NO3S/c13-8-5-6-9(7-8)16-11-4-2-1-3-10(11)12(14)15/h1-4,9H,5-7H2. The van der Waals surface area contributed by atoms with Gasteiger partial charge in [0.2, 0.25) is 0 Å². The lowest BCUT2D eigenvalue weighted by Crippen LogP contribution is -1.98. The highest BCUT2D eigenvalue weighted by atomic mass is 32.2. The van der Waals surface area contributed by atoms with Crippen LogP contribution in [0.2, 0.25) is 0 Å².